The molecule has 1 fully saturated rings. The normalized spacial score (nSPS) is 20.3. The van der Waals surface area contributed by atoms with E-state index in [1.165, 1.54) is 0 Å². The molecule has 0 radical (unpaired) electrons. The number of aromatic nitrogens is 2. The van der Waals surface area contributed by atoms with Crippen LogP contribution in [0.2, 0.25) is 0 Å². The molecule has 1 unspecified atom stereocenters. The molecule has 1 saturated heterocycles. The summed E-state index contributed by atoms with van der Waals surface area (Å²) >= 11 is 0. The predicted octanol–water partition coefficient (Wildman–Crippen LogP) is 1.90. The Hall–Kier alpha value is -1.68. The van der Waals surface area contributed by atoms with Crippen molar-refractivity contribution < 1.29 is 5.11 Å². The van der Waals surface area contributed by atoms with Crippen LogP contribution in [0.25, 0.3) is 10.8 Å². The van der Waals surface area contributed by atoms with Crippen LogP contribution in [0.15, 0.2) is 24.3 Å². The van der Waals surface area contributed by atoms with Gasteiger partial charge in [0, 0.05) is 23.9 Å². The first kappa shape index (κ1) is 11.4. The minimum absolute atomic E-state index is 0.249. The summed E-state index contributed by atoms with van der Waals surface area (Å²) in [6.07, 6.45) is 1.64. The summed E-state index contributed by atoms with van der Waals surface area (Å²) in [6.45, 7) is 3.57. The van der Waals surface area contributed by atoms with Gasteiger partial charge in [-0.15, -0.1) is 5.10 Å². The van der Waals surface area contributed by atoms with Crippen molar-refractivity contribution in [1.82, 2.24) is 10.2 Å². The lowest BCUT2D eigenvalue weighted by Crippen LogP contribution is -2.39. The molecule has 1 atom stereocenters. The maximum Gasteiger partial charge on any atom is 0.159 e. The number of nitrogens with zero attached hydrogens (tertiary/aromatic N) is 3. The Morgan fingerprint density at radius 3 is 2.78 bits per heavy atom. The van der Waals surface area contributed by atoms with E-state index in [0.717, 1.165) is 41.7 Å². The number of piperidine rings is 1. The Morgan fingerprint density at radius 2 is 2.00 bits per heavy atom. The lowest BCUT2D eigenvalue weighted by atomic mass is 10.1. The van der Waals surface area contributed by atoms with Gasteiger partial charge in [-0.1, -0.05) is 24.3 Å². The van der Waals surface area contributed by atoms with Gasteiger partial charge in [0.25, 0.3) is 0 Å². The second-order valence-electron chi connectivity index (χ2n) is 4.90. The topological polar surface area (TPSA) is 49.2 Å². The number of hydrogen-bond acceptors (Lipinski definition) is 4. The molecule has 1 aromatic carbocycles. The molecule has 4 nitrogen and oxygen atoms in total. The van der Waals surface area contributed by atoms with E-state index in [9.17, 15) is 5.11 Å². The number of benzene rings is 1. The summed E-state index contributed by atoms with van der Waals surface area (Å²) in [7, 11) is 0. The zero-order valence-electron chi connectivity index (χ0n) is 10.5. The van der Waals surface area contributed by atoms with E-state index in [1.807, 2.05) is 19.1 Å². The highest BCUT2D eigenvalue weighted by molar-refractivity contribution is 5.93. The molecule has 2 aromatic rings. The van der Waals surface area contributed by atoms with E-state index in [-0.39, 0.29) is 6.10 Å². The first-order valence-electron chi connectivity index (χ1n) is 6.41. The molecule has 0 spiro atoms. The van der Waals surface area contributed by atoms with Crippen molar-refractivity contribution in [3.05, 3.63) is 30.0 Å². The SMILES string of the molecule is Cc1nnc(N2CCCC(O)C2)c2ccccc12. The smallest absolute Gasteiger partial charge is 0.159 e. The zero-order valence-corrected chi connectivity index (χ0v) is 10.5. The zero-order chi connectivity index (χ0) is 12.5. The Kier molecular flexibility index (Phi) is 2.88. The Balaban J connectivity index is 2.09. The monoisotopic (exact) mass is 243 g/mol. The Morgan fingerprint density at radius 1 is 1.22 bits per heavy atom. The molecule has 0 bridgehead atoms. The van der Waals surface area contributed by atoms with Gasteiger partial charge in [-0.25, -0.2) is 0 Å². The third-order valence-electron chi connectivity index (χ3n) is 3.55. The quantitative estimate of drug-likeness (QED) is 0.831. The number of fused-ring (bicyclic) bond motifs is 1. The van der Waals surface area contributed by atoms with Crippen LogP contribution < -0.4 is 4.90 Å². The maximum absolute atomic E-state index is 9.78. The van der Waals surface area contributed by atoms with Crippen LogP contribution in [0.4, 0.5) is 5.82 Å². The van der Waals surface area contributed by atoms with E-state index in [0.29, 0.717) is 6.54 Å². The lowest BCUT2D eigenvalue weighted by molar-refractivity contribution is 0.154. The molecular weight excluding hydrogens is 226 g/mol. The van der Waals surface area contributed by atoms with Gasteiger partial charge in [0.2, 0.25) is 0 Å². The first-order valence-corrected chi connectivity index (χ1v) is 6.41. The van der Waals surface area contributed by atoms with Gasteiger partial charge in [0.05, 0.1) is 11.8 Å². The fourth-order valence-electron chi connectivity index (χ4n) is 2.60. The molecule has 0 amide bonds. The van der Waals surface area contributed by atoms with Crippen LogP contribution in [0.5, 0.6) is 0 Å². The third kappa shape index (κ3) is 1.93. The van der Waals surface area contributed by atoms with Gasteiger partial charge in [-0.3, -0.25) is 0 Å². The number of anilines is 1. The molecule has 2 heterocycles. The minimum Gasteiger partial charge on any atom is -0.391 e. The number of aliphatic hydroxyl groups is 1. The van der Waals surface area contributed by atoms with E-state index < -0.39 is 0 Å². The van der Waals surface area contributed by atoms with Crippen LogP contribution >= 0.6 is 0 Å². The average molecular weight is 243 g/mol. The second kappa shape index (κ2) is 4.53. The minimum atomic E-state index is -0.249. The summed E-state index contributed by atoms with van der Waals surface area (Å²) in [4.78, 5) is 2.14. The molecule has 3 rings (SSSR count). The molecule has 4 heteroatoms. The average Bonchev–Trinajstić information content (AvgIpc) is 2.39. The van der Waals surface area contributed by atoms with Gasteiger partial charge in [-0.2, -0.15) is 5.10 Å². The van der Waals surface area contributed by atoms with Crippen molar-refractivity contribution >= 4 is 16.6 Å². The van der Waals surface area contributed by atoms with E-state index in [4.69, 9.17) is 0 Å². The maximum atomic E-state index is 9.78. The van der Waals surface area contributed by atoms with Crippen LogP contribution in [-0.4, -0.2) is 34.5 Å². The third-order valence-corrected chi connectivity index (χ3v) is 3.55. The van der Waals surface area contributed by atoms with Crippen molar-refractivity contribution in [3.63, 3.8) is 0 Å². The number of rotatable bonds is 1. The van der Waals surface area contributed by atoms with Gasteiger partial charge < -0.3 is 10.0 Å². The van der Waals surface area contributed by atoms with Crippen molar-refractivity contribution in [1.29, 1.82) is 0 Å². The Bertz CT molecular complexity index is 570. The summed E-state index contributed by atoms with van der Waals surface area (Å²) in [6, 6.07) is 8.19. The largest absolute Gasteiger partial charge is 0.391 e. The highest BCUT2D eigenvalue weighted by Crippen LogP contribution is 2.27. The standard InChI is InChI=1S/C14H17N3O/c1-10-12-6-2-3-7-13(12)14(16-15-10)17-8-4-5-11(18)9-17/h2-3,6-7,11,18H,4-5,8-9H2,1H3. The van der Waals surface area contributed by atoms with Gasteiger partial charge >= 0.3 is 0 Å². The number of aliphatic hydroxyl groups excluding tert-OH is 1. The summed E-state index contributed by atoms with van der Waals surface area (Å²) < 4.78 is 0. The van der Waals surface area contributed by atoms with Gasteiger partial charge in [0.15, 0.2) is 5.82 Å². The highest BCUT2D eigenvalue weighted by Gasteiger charge is 2.21. The molecule has 1 aliphatic rings. The molecule has 0 saturated carbocycles. The Labute approximate surface area is 106 Å². The van der Waals surface area contributed by atoms with Crippen molar-refractivity contribution in [2.24, 2.45) is 0 Å². The van der Waals surface area contributed by atoms with Crippen LogP contribution in [-0.2, 0) is 0 Å². The molecule has 1 aromatic heterocycles. The van der Waals surface area contributed by atoms with Gasteiger partial charge in [-0.05, 0) is 19.8 Å². The molecule has 94 valence electrons. The summed E-state index contributed by atoms with van der Waals surface area (Å²) in [5, 5.41) is 20.6. The van der Waals surface area contributed by atoms with Crippen molar-refractivity contribution in [2.45, 2.75) is 25.9 Å². The molecular formula is C14H17N3O. The van der Waals surface area contributed by atoms with Crippen molar-refractivity contribution in [2.75, 3.05) is 18.0 Å². The summed E-state index contributed by atoms with van der Waals surface area (Å²) in [5.74, 6) is 0.898. The van der Waals surface area contributed by atoms with Crippen LogP contribution in [0.3, 0.4) is 0 Å². The molecule has 1 N–H and O–H groups in total. The number of aryl methyl sites for hydroxylation is 1. The number of β-amino-alcohol motifs (C(OH)–C–C–N with tert-alkyl or cyclic N) is 1. The van der Waals surface area contributed by atoms with Gasteiger partial charge in [0.1, 0.15) is 0 Å². The fourth-order valence-corrected chi connectivity index (χ4v) is 2.60. The van der Waals surface area contributed by atoms with E-state index >= 15 is 0 Å². The first-order chi connectivity index (χ1) is 8.75. The van der Waals surface area contributed by atoms with E-state index in [1.54, 1.807) is 0 Å². The molecule has 0 aliphatic carbocycles. The fraction of sp³-hybridized carbons (Fsp3) is 0.429. The van der Waals surface area contributed by atoms with Crippen LogP contribution in [0, 0.1) is 6.92 Å². The molecule has 1 aliphatic heterocycles. The molecule has 18 heavy (non-hydrogen) atoms. The summed E-state index contributed by atoms with van der Waals surface area (Å²) in [5.41, 5.74) is 0.951. The van der Waals surface area contributed by atoms with E-state index in [2.05, 4.69) is 27.2 Å². The second-order valence-corrected chi connectivity index (χ2v) is 4.90. The number of hydrogen-bond donors (Lipinski definition) is 1. The lowest BCUT2D eigenvalue weighted by Gasteiger charge is -2.31. The van der Waals surface area contributed by atoms with Crippen LogP contribution in [0.1, 0.15) is 18.5 Å². The highest BCUT2D eigenvalue weighted by atomic mass is 16.3. The predicted molar refractivity (Wildman–Crippen MR) is 71.7 cm³/mol. The van der Waals surface area contributed by atoms with Crippen molar-refractivity contribution in [3.8, 4) is 0 Å².